The zero-order valence-electron chi connectivity index (χ0n) is 11.0. The molecule has 1 saturated heterocycles. The number of aliphatic carboxylic acids is 1. The molecule has 1 amide bonds. The van der Waals surface area contributed by atoms with Crippen LogP contribution in [0.5, 0.6) is 0 Å². The van der Waals surface area contributed by atoms with Crippen molar-refractivity contribution in [3.8, 4) is 0 Å². The fraction of sp³-hybridized carbons (Fsp3) is 0.467. The lowest BCUT2D eigenvalue weighted by molar-refractivity contribution is -0.148. The number of hydrogen-bond donors (Lipinski definition) is 1. The Bertz CT molecular complexity index is 543. The molecule has 0 radical (unpaired) electrons. The average Bonchev–Trinajstić information content (AvgIpc) is 3.06. The summed E-state index contributed by atoms with van der Waals surface area (Å²) in [5, 5.41) is 9.15. The number of carbonyl (C=O) groups excluding carboxylic acids is 1. The molecular weight excluding hydrogens is 322 g/mol. The minimum atomic E-state index is -0.878. The van der Waals surface area contributed by atoms with Crippen LogP contribution in [0.2, 0.25) is 0 Å². The molecule has 1 saturated carbocycles. The van der Waals surface area contributed by atoms with Crippen molar-refractivity contribution in [2.75, 3.05) is 6.54 Å². The van der Waals surface area contributed by atoms with Gasteiger partial charge in [-0.25, -0.2) is 4.79 Å². The van der Waals surface area contributed by atoms with Crippen LogP contribution in [0.4, 0.5) is 0 Å². The lowest BCUT2D eigenvalue weighted by Gasteiger charge is -2.21. The third-order valence-electron chi connectivity index (χ3n) is 4.23. The van der Waals surface area contributed by atoms with Gasteiger partial charge in [-0.2, -0.15) is 0 Å². The molecule has 4 nitrogen and oxygen atoms in total. The van der Waals surface area contributed by atoms with Gasteiger partial charge in [0.15, 0.2) is 0 Å². The lowest BCUT2D eigenvalue weighted by Crippen LogP contribution is -2.41. The maximum Gasteiger partial charge on any atom is 0.326 e. The number of amides is 1. The van der Waals surface area contributed by atoms with Crippen LogP contribution in [0.3, 0.4) is 0 Å². The van der Waals surface area contributed by atoms with Crippen molar-refractivity contribution in [3.63, 3.8) is 0 Å². The summed E-state index contributed by atoms with van der Waals surface area (Å²) >= 11 is 3.40. The van der Waals surface area contributed by atoms with Gasteiger partial charge in [-0.1, -0.05) is 28.1 Å². The normalized spacial score (nSPS) is 28.4. The maximum atomic E-state index is 12.4. The topological polar surface area (TPSA) is 57.6 Å². The van der Waals surface area contributed by atoms with Crippen molar-refractivity contribution in [3.05, 3.63) is 34.3 Å². The molecule has 0 unspecified atom stereocenters. The molecule has 1 aromatic carbocycles. The zero-order valence-corrected chi connectivity index (χ0v) is 12.5. The number of carboxylic acids is 1. The van der Waals surface area contributed by atoms with Gasteiger partial charge in [0, 0.05) is 16.9 Å². The van der Waals surface area contributed by atoms with Gasteiger partial charge >= 0.3 is 5.97 Å². The van der Waals surface area contributed by atoms with Crippen LogP contribution < -0.4 is 0 Å². The predicted molar refractivity (Wildman–Crippen MR) is 77.4 cm³/mol. The van der Waals surface area contributed by atoms with E-state index in [0.29, 0.717) is 13.0 Å². The summed E-state index contributed by atoms with van der Waals surface area (Å²) in [4.78, 5) is 25.1. The third-order valence-corrected chi connectivity index (χ3v) is 4.76. The summed E-state index contributed by atoms with van der Waals surface area (Å²) in [7, 11) is 0. The highest BCUT2D eigenvalue weighted by atomic mass is 79.9. The number of carboxylic acid groups (broad SMARTS) is 1. The summed E-state index contributed by atoms with van der Waals surface area (Å²) in [6, 6.07) is 7.39. The van der Waals surface area contributed by atoms with Gasteiger partial charge in [-0.15, -0.1) is 0 Å². The highest BCUT2D eigenvalue weighted by molar-refractivity contribution is 9.10. The average molecular weight is 338 g/mol. The Morgan fingerprint density at radius 1 is 1.25 bits per heavy atom. The number of likely N-dealkylation sites (tertiary alicyclic amines) is 1. The van der Waals surface area contributed by atoms with Crippen LogP contribution in [-0.4, -0.2) is 34.5 Å². The Morgan fingerprint density at radius 2 is 1.95 bits per heavy atom. The van der Waals surface area contributed by atoms with Crippen LogP contribution >= 0.6 is 15.9 Å². The van der Waals surface area contributed by atoms with Gasteiger partial charge in [0.25, 0.3) is 0 Å². The first-order valence-electron chi connectivity index (χ1n) is 6.86. The van der Waals surface area contributed by atoms with E-state index < -0.39 is 12.0 Å². The first kappa shape index (κ1) is 13.6. The fourth-order valence-electron chi connectivity index (χ4n) is 3.05. The Hall–Kier alpha value is -1.36. The Kier molecular flexibility index (Phi) is 3.54. The second-order valence-electron chi connectivity index (χ2n) is 5.53. The Morgan fingerprint density at radius 3 is 2.60 bits per heavy atom. The van der Waals surface area contributed by atoms with Crippen molar-refractivity contribution in [1.82, 2.24) is 4.90 Å². The van der Waals surface area contributed by atoms with Gasteiger partial charge in [-0.05, 0) is 42.9 Å². The SMILES string of the molecule is O=C(O)[C@@H]1CCCN1C(=O)[C@@H]1C[C@@H]1c1ccc(Br)cc1. The number of carbonyl (C=O) groups is 2. The van der Waals surface area contributed by atoms with E-state index in [1.807, 2.05) is 24.3 Å². The van der Waals surface area contributed by atoms with Gasteiger partial charge in [0.2, 0.25) is 5.91 Å². The van der Waals surface area contributed by atoms with E-state index in [-0.39, 0.29) is 17.7 Å². The van der Waals surface area contributed by atoms with Gasteiger partial charge in [-0.3, -0.25) is 4.79 Å². The largest absolute Gasteiger partial charge is 0.480 e. The van der Waals surface area contributed by atoms with E-state index in [1.165, 1.54) is 0 Å². The molecule has 0 bridgehead atoms. The number of nitrogens with zero attached hydrogens (tertiary/aromatic N) is 1. The molecule has 2 fully saturated rings. The van der Waals surface area contributed by atoms with E-state index in [1.54, 1.807) is 4.90 Å². The highest BCUT2D eigenvalue weighted by Crippen LogP contribution is 2.49. The van der Waals surface area contributed by atoms with Crippen molar-refractivity contribution in [2.24, 2.45) is 5.92 Å². The molecule has 106 valence electrons. The summed E-state index contributed by atoms with van der Waals surface area (Å²) in [6.07, 6.45) is 2.21. The van der Waals surface area contributed by atoms with E-state index in [9.17, 15) is 9.59 Å². The van der Waals surface area contributed by atoms with Gasteiger partial charge in [0.1, 0.15) is 6.04 Å². The van der Waals surface area contributed by atoms with Crippen molar-refractivity contribution in [1.29, 1.82) is 0 Å². The van der Waals surface area contributed by atoms with Crippen molar-refractivity contribution >= 4 is 27.8 Å². The first-order chi connectivity index (χ1) is 9.58. The highest BCUT2D eigenvalue weighted by Gasteiger charge is 2.48. The first-order valence-corrected chi connectivity index (χ1v) is 7.66. The molecule has 5 heteroatoms. The molecule has 0 spiro atoms. The summed E-state index contributed by atoms with van der Waals surface area (Å²) < 4.78 is 1.02. The lowest BCUT2D eigenvalue weighted by atomic mass is 10.1. The molecule has 1 N–H and O–H groups in total. The van der Waals surface area contributed by atoms with Crippen molar-refractivity contribution < 1.29 is 14.7 Å². The van der Waals surface area contributed by atoms with E-state index >= 15 is 0 Å². The van der Waals surface area contributed by atoms with E-state index in [2.05, 4.69) is 15.9 Å². The smallest absolute Gasteiger partial charge is 0.326 e. The fourth-order valence-corrected chi connectivity index (χ4v) is 3.31. The molecule has 0 aromatic heterocycles. The molecular formula is C15H16BrNO3. The Labute approximate surface area is 125 Å². The summed E-state index contributed by atoms with van der Waals surface area (Å²) in [6.45, 7) is 0.583. The standard InChI is InChI=1S/C15H16BrNO3/c16-10-5-3-9(4-6-10)11-8-12(11)14(18)17-7-1-2-13(17)15(19)20/h3-6,11-13H,1-2,7-8H2,(H,19,20)/t11-,12-,13+/m1/s1. The van der Waals surface area contributed by atoms with Crippen LogP contribution in [0.15, 0.2) is 28.7 Å². The van der Waals surface area contributed by atoms with E-state index in [0.717, 1.165) is 22.9 Å². The number of halogens is 1. The number of rotatable bonds is 3. The minimum absolute atomic E-state index is 0.0165. The Balaban J connectivity index is 1.68. The van der Waals surface area contributed by atoms with Crippen LogP contribution in [0, 0.1) is 5.92 Å². The third kappa shape index (κ3) is 2.46. The maximum absolute atomic E-state index is 12.4. The second-order valence-corrected chi connectivity index (χ2v) is 6.44. The molecule has 20 heavy (non-hydrogen) atoms. The molecule has 3 rings (SSSR count). The monoisotopic (exact) mass is 337 g/mol. The van der Waals surface area contributed by atoms with Gasteiger partial charge < -0.3 is 10.0 Å². The second kappa shape index (κ2) is 5.20. The summed E-state index contributed by atoms with van der Waals surface area (Å²) in [5.74, 6) is -0.638. The summed E-state index contributed by atoms with van der Waals surface area (Å²) in [5.41, 5.74) is 1.16. The zero-order chi connectivity index (χ0) is 14.3. The van der Waals surface area contributed by atoms with Crippen LogP contribution in [0.1, 0.15) is 30.7 Å². The molecule has 1 heterocycles. The van der Waals surface area contributed by atoms with Crippen LogP contribution in [-0.2, 0) is 9.59 Å². The van der Waals surface area contributed by atoms with Gasteiger partial charge in [0.05, 0.1) is 0 Å². The number of benzene rings is 1. The van der Waals surface area contributed by atoms with Crippen molar-refractivity contribution in [2.45, 2.75) is 31.2 Å². The molecule has 1 aliphatic heterocycles. The van der Waals surface area contributed by atoms with Crippen LogP contribution in [0.25, 0.3) is 0 Å². The quantitative estimate of drug-likeness (QED) is 0.922. The minimum Gasteiger partial charge on any atom is -0.480 e. The molecule has 3 atom stereocenters. The molecule has 1 aliphatic carbocycles. The molecule has 1 aromatic rings. The predicted octanol–water partition coefficient (Wildman–Crippen LogP) is 2.63. The molecule has 2 aliphatic rings. The van der Waals surface area contributed by atoms with E-state index in [4.69, 9.17) is 5.11 Å². The number of hydrogen-bond acceptors (Lipinski definition) is 2.